The van der Waals surface area contributed by atoms with E-state index in [9.17, 15) is 9.18 Å². The Bertz CT molecular complexity index is 392. The Kier molecular flexibility index (Phi) is 5.56. The number of carbonyl (C=O) groups excluding carboxylic acids is 1. The van der Waals surface area contributed by atoms with Gasteiger partial charge in [0.15, 0.2) is 0 Å². The van der Waals surface area contributed by atoms with E-state index >= 15 is 0 Å². The molecule has 1 aliphatic carbocycles. The summed E-state index contributed by atoms with van der Waals surface area (Å²) in [5.41, 5.74) is 6.27. The minimum Gasteiger partial charge on any atom is -0.348 e. The molecule has 0 aliphatic heterocycles. The van der Waals surface area contributed by atoms with Crippen LogP contribution in [0.5, 0.6) is 0 Å². The molecule has 1 unspecified atom stereocenters. The molecule has 2 rings (SSSR count). The van der Waals surface area contributed by atoms with Crippen LogP contribution in [-0.2, 0) is 4.79 Å². The first kappa shape index (κ1) is 14.9. The van der Waals surface area contributed by atoms with Crippen molar-refractivity contribution >= 4 is 18.3 Å². The summed E-state index contributed by atoms with van der Waals surface area (Å²) in [6.07, 6.45) is 3.40. The molecule has 0 saturated heterocycles. The van der Waals surface area contributed by atoms with Gasteiger partial charge in [0.05, 0.1) is 12.6 Å². The van der Waals surface area contributed by atoms with E-state index in [1.807, 2.05) is 0 Å². The molecule has 1 atom stereocenters. The maximum atomic E-state index is 12.9. The normalized spacial score (nSPS) is 16.3. The average molecular weight is 273 g/mol. The van der Waals surface area contributed by atoms with Crippen LogP contribution in [0, 0.1) is 11.7 Å². The zero-order chi connectivity index (χ0) is 12.3. The molecular formula is C13H18ClFN2O. The van der Waals surface area contributed by atoms with Crippen molar-refractivity contribution in [2.75, 3.05) is 6.54 Å². The molecule has 1 aromatic carbocycles. The molecule has 18 heavy (non-hydrogen) atoms. The smallest absolute Gasteiger partial charge is 0.234 e. The summed E-state index contributed by atoms with van der Waals surface area (Å²) in [5.74, 6) is 0.0356. The minimum atomic E-state index is -0.258. The molecule has 5 heteroatoms. The fourth-order valence-corrected chi connectivity index (χ4v) is 2.15. The maximum absolute atomic E-state index is 12.9. The molecule has 1 saturated carbocycles. The SMILES string of the molecule is Cl.NCC(=O)NC(c1ccc(F)cc1)C1CCC1. The Morgan fingerprint density at radius 1 is 1.39 bits per heavy atom. The first-order chi connectivity index (χ1) is 8.20. The van der Waals surface area contributed by atoms with E-state index < -0.39 is 0 Å². The molecule has 0 aromatic heterocycles. The van der Waals surface area contributed by atoms with Gasteiger partial charge in [-0.25, -0.2) is 4.39 Å². The van der Waals surface area contributed by atoms with Gasteiger partial charge in [-0.15, -0.1) is 12.4 Å². The van der Waals surface area contributed by atoms with Crippen molar-refractivity contribution in [3.63, 3.8) is 0 Å². The number of carbonyl (C=O) groups is 1. The fraction of sp³-hybridized carbons (Fsp3) is 0.462. The van der Waals surface area contributed by atoms with Gasteiger partial charge in [0.2, 0.25) is 5.91 Å². The molecule has 0 spiro atoms. The van der Waals surface area contributed by atoms with E-state index in [-0.39, 0.29) is 36.7 Å². The zero-order valence-electron chi connectivity index (χ0n) is 10.1. The number of benzene rings is 1. The second kappa shape index (κ2) is 6.71. The van der Waals surface area contributed by atoms with Gasteiger partial charge in [-0.3, -0.25) is 4.79 Å². The minimum absolute atomic E-state index is 0. The Morgan fingerprint density at radius 2 is 2.00 bits per heavy atom. The number of nitrogens with one attached hydrogen (secondary N) is 1. The summed E-state index contributed by atoms with van der Waals surface area (Å²) in [4.78, 5) is 11.4. The predicted octanol–water partition coefficient (Wildman–Crippen LogP) is 2.16. The van der Waals surface area contributed by atoms with Gasteiger partial charge in [0.1, 0.15) is 5.82 Å². The third kappa shape index (κ3) is 3.43. The highest BCUT2D eigenvalue weighted by Crippen LogP contribution is 2.37. The van der Waals surface area contributed by atoms with E-state index in [1.54, 1.807) is 12.1 Å². The van der Waals surface area contributed by atoms with Gasteiger partial charge in [-0.1, -0.05) is 18.6 Å². The molecule has 0 heterocycles. The number of hydrogen-bond donors (Lipinski definition) is 2. The predicted molar refractivity (Wildman–Crippen MR) is 70.9 cm³/mol. The first-order valence-electron chi connectivity index (χ1n) is 5.95. The number of amides is 1. The van der Waals surface area contributed by atoms with Crippen molar-refractivity contribution in [3.05, 3.63) is 35.6 Å². The van der Waals surface area contributed by atoms with Crippen LogP contribution in [0.2, 0.25) is 0 Å². The van der Waals surface area contributed by atoms with Gasteiger partial charge in [-0.05, 0) is 36.5 Å². The van der Waals surface area contributed by atoms with E-state index in [2.05, 4.69) is 5.32 Å². The highest BCUT2D eigenvalue weighted by molar-refractivity contribution is 5.85. The standard InChI is InChI=1S/C13H17FN2O.ClH/c14-11-6-4-10(5-7-11)13(9-2-1-3-9)16-12(17)8-15;/h4-7,9,13H,1-3,8,15H2,(H,16,17);1H. The lowest BCUT2D eigenvalue weighted by Gasteiger charge is -2.34. The summed E-state index contributed by atoms with van der Waals surface area (Å²) >= 11 is 0. The van der Waals surface area contributed by atoms with Crippen LogP contribution < -0.4 is 11.1 Å². The topological polar surface area (TPSA) is 55.1 Å². The van der Waals surface area contributed by atoms with Crippen molar-refractivity contribution in [1.29, 1.82) is 0 Å². The van der Waals surface area contributed by atoms with Crippen LogP contribution in [-0.4, -0.2) is 12.5 Å². The lowest BCUT2D eigenvalue weighted by Crippen LogP contribution is -2.39. The van der Waals surface area contributed by atoms with Crippen molar-refractivity contribution in [3.8, 4) is 0 Å². The molecule has 1 fully saturated rings. The quantitative estimate of drug-likeness (QED) is 0.883. The van der Waals surface area contributed by atoms with Crippen LogP contribution in [0.1, 0.15) is 30.9 Å². The van der Waals surface area contributed by atoms with Gasteiger partial charge < -0.3 is 11.1 Å². The van der Waals surface area contributed by atoms with Crippen LogP contribution in [0.3, 0.4) is 0 Å². The highest BCUT2D eigenvalue weighted by Gasteiger charge is 2.29. The second-order valence-corrected chi connectivity index (χ2v) is 4.49. The van der Waals surface area contributed by atoms with E-state index in [0.29, 0.717) is 5.92 Å². The van der Waals surface area contributed by atoms with Gasteiger partial charge in [0.25, 0.3) is 0 Å². The van der Waals surface area contributed by atoms with Gasteiger partial charge in [0, 0.05) is 0 Å². The van der Waals surface area contributed by atoms with Crippen LogP contribution in [0.25, 0.3) is 0 Å². The van der Waals surface area contributed by atoms with Crippen LogP contribution in [0.4, 0.5) is 4.39 Å². The van der Waals surface area contributed by atoms with Gasteiger partial charge in [-0.2, -0.15) is 0 Å². The van der Waals surface area contributed by atoms with Crippen molar-refractivity contribution in [2.45, 2.75) is 25.3 Å². The molecule has 100 valence electrons. The summed E-state index contributed by atoms with van der Waals surface area (Å²) in [6.45, 7) is -0.00951. The molecule has 3 N–H and O–H groups in total. The number of nitrogens with two attached hydrogens (primary N) is 1. The van der Waals surface area contributed by atoms with Crippen molar-refractivity contribution < 1.29 is 9.18 Å². The van der Waals surface area contributed by atoms with E-state index in [4.69, 9.17) is 5.73 Å². The number of halogens is 2. The molecule has 1 aromatic rings. The molecule has 1 amide bonds. The molecule has 0 radical (unpaired) electrons. The van der Waals surface area contributed by atoms with E-state index in [1.165, 1.54) is 18.6 Å². The molecule has 1 aliphatic rings. The van der Waals surface area contributed by atoms with Crippen molar-refractivity contribution in [1.82, 2.24) is 5.32 Å². The zero-order valence-corrected chi connectivity index (χ0v) is 10.9. The third-order valence-corrected chi connectivity index (χ3v) is 3.35. The molecule has 0 bridgehead atoms. The molecule has 3 nitrogen and oxygen atoms in total. The summed E-state index contributed by atoms with van der Waals surface area (Å²) < 4.78 is 12.9. The fourth-order valence-electron chi connectivity index (χ4n) is 2.15. The lowest BCUT2D eigenvalue weighted by molar-refractivity contribution is -0.121. The Morgan fingerprint density at radius 3 is 2.44 bits per heavy atom. The summed E-state index contributed by atoms with van der Waals surface area (Å²) in [5, 5.41) is 2.92. The first-order valence-corrected chi connectivity index (χ1v) is 5.95. The Hall–Kier alpha value is -1.13. The number of hydrogen-bond acceptors (Lipinski definition) is 2. The number of rotatable bonds is 4. The second-order valence-electron chi connectivity index (χ2n) is 4.49. The Labute approximate surface area is 112 Å². The van der Waals surface area contributed by atoms with Crippen LogP contribution >= 0.6 is 12.4 Å². The Balaban J connectivity index is 0.00000162. The summed E-state index contributed by atoms with van der Waals surface area (Å²) in [6, 6.07) is 6.29. The molecular weight excluding hydrogens is 255 g/mol. The third-order valence-electron chi connectivity index (χ3n) is 3.35. The highest BCUT2D eigenvalue weighted by atomic mass is 35.5. The lowest BCUT2D eigenvalue weighted by atomic mass is 9.77. The average Bonchev–Trinajstić information content (AvgIpc) is 2.26. The maximum Gasteiger partial charge on any atom is 0.234 e. The van der Waals surface area contributed by atoms with E-state index in [0.717, 1.165) is 18.4 Å². The van der Waals surface area contributed by atoms with Crippen molar-refractivity contribution in [2.24, 2.45) is 11.7 Å². The van der Waals surface area contributed by atoms with Crippen LogP contribution in [0.15, 0.2) is 24.3 Å². The monoisotopic (exact) mass is 272 g/mol. The largest absolute Gasteiger partial charge is 0.348 e. The van der Waals surface area contributed by atoms with Gasteiger partial charge >= 0.3 is 0 Å². The summed E-state index contributed by atoms with van der Waals surface area (Å²) in [7, 11) is 0.